The molecule has 13 heavy (non-hydrogen) atoms. The standard InChI is InChI=1S/C11H9ClO/c12-9-5-7-11(8-6-9)13-10-3-1-2-4-10/h1-8,10H. The highest BCUT2D eigenvalue weighted by Crippen LogP contribution is 2.18. The monoisotopic (exact) mass is 192 g/mol. The number of hydrogen-bond donors (Lipinski definition) is 0. The Balaban J connectivity index is 2.05. The maximum Gasteiger partial charge on any atom is 0.136 e. The summed E-state index contributed by atoms with van der Waals surface area (Å²) in [6, 6.07) is 7.36. The zero-order valence-electron chi connectivity index (χ0n) is 6.98. The summed E-state index contributed by atoms with van der Waals surface area (Å²) in [5, 5.41) is 0.727. The Morgan fingerprint density at radius 3 is 2.23 bits per heavy atom. The van der Waals surface area contributed by atoms with E-state index in [1.807, 2.05) is 48.6 Å². The second-order valence-electron chi connectivity index (χ2n) is 2.81. The van der Waals surface area contributed by atoms with Crippen LogP contribution in [0.5, 0.6) is 5.75 Å². The van der Waals surface area contributed by atoms with Crippen molar-refractivity contribution in [3.05, 3.63) is 53.6 Å². The van der Waals surface area contributed by atoms with Crippen molar-refractivity contribution in [2.24, 2.45) is 0 Å². The molecule has 1 aromatic carbocycles. The molecule has 1 aliphatic rings. The first-order valence-corrected chi connectivity index (χ1v) is 4.49. The quantitative estimate of drug-likeness (QED) is 0.699. The average molecular weight is 193 g/mol. The van der Waals surface area contributed by atoms with Gasteiger partial charge in [-0.1, -0.05) is 23.8 Å². The summed E-state index contributed by atoms with van der Waals surface area (Å²) in [5.41, 5.74) is 0. The maximum absolute atomic E-state index is 5.74. The van der Waals surface area contributed by atoms with Crippen LogP contribution >= 0.6 is 11.6 Å². The van der Waals surface area contributed by atoms with Gasteiger partial charge in [-0.25, -0.2) is 0 Å². The fourth-order valence-electron chi connectivity index (χ4n) is 1.16. The summed E-state index contributed by atoms with van der Waals surface area (Å²) in [6.45, 7) is 0. The molecule has 1 aliphatic carbocycles. The van der Waals surface area contributed by atoms with Crippen LogP contribution in [0.2, 0.25) is 5.02 Å². The molecule has 0 atom stereocenters. The Labute approximate surface area is 82.3 Å². The van der Waals surface area contributed by atoms with Gasteiger partial charge in [-0.05, 0) is 36.4 Å². The van der Waals surface area contributed by atoms with Gasteiger partial charge in [-0.15, -0.1) is 0 Å². The number of ether oxygens (including phenoxy) is 1. The lowest BCUT2D eigenvalue weighted by molar-refractivity contribution is 0.298. The molecule has 2 rings (SSSR count). The van der Waals surface area contributed by atoms with Crippen LogP contribution in [0.25, 0.3) is 0 Å². The smallest absolute Gasteiger partial charge is 0.136 e. The number of hydrogen-bond acceptors (Lipinski definition) is 1. The topological polar surface area (TPSA) is 9.23 Å². The molecule has 0 saturated carbocycles. The van der Waals surface area contributed by atoms with Gasteiger partial charge in [0, 0.05) is 5.02 Å². The van der Waals surface area contributed by atoms with Gasteiger partial charge in [-0.3, -0.25) is 0 Å². The van der Waals surface area contributed by atoms with Crippen molar-refractivity contribution in [2.75, 3.05) is 0 Å². The lowest BCUT2D eigenvalue weighted by Crippen LogP contribution is -2.07. The van der Waals surface area contributed by atoms with E-state index >= 15 is 0 Å². The molecule has 2 heteroatoms. The van der Waals surface area contributed by atoms with Crippen LogP contribution in [0.4, 0.5) is 0 Å². The van der Waals surface area contributed by atoms with Crippen molar-refractivity contribution >= 4 is 11.6 Å². The Morgan fingerprint density at radius 2 is 1.62 bits per heavy atom. The first-order chi connectivity index (χ1) is 6.34. The molecular formula is C11H9ClO. The van der Waals surface area contributed by atoms with Crippen molar-refractivity contribution in [2.45, 2.75) is 6.10 Å². The van der Waals surface area contributed by atoms with Gasteiger partial charge in [0.25, 0.3) is 0 Å². The second-order valence-corrected chi connectivity index (χ2v) is 3.24. The summed E-state index contributed by atoms with van der Waals surface area (Å²) in [7, 11) is 0. The second kappa shape index (κ2) is 3.67. The van der Waals surface area contributed by atoms with E-state index in [0.717, 1.165) is 10.8 Å². The molecule has 0 amide bonds. The van der Waals surface area contributed by atoms with Crippen LogP contribution in [0.3, 0.4) is 0 Å². The molecule has 0 N–H and O–H groups in total. The van der Waals surface area contributed by atoms with Gasteiger partial charge >= 0.3 is 0 Å². The van der Waals surface area contributed by atoms with Crippen molar-refractivity contribution in [1.82, 2.24) is 0 Å². The Bertz CT molecular complexity index is 326. The first-order valence-electron chi connectivity index (χ1n) is 4.12. The molecule has 0 radical (unpaired) electrons. The number of rotatable bonds is 2. The first kappa shape index (κ1) is 8.39. The Morgan fingerprint density at radius 1 is 1.00 bits per heavy atom. The SMILES string of the molecule is Clc1ccc(OC2C=CC=C2)cc1. The Kier molecular flexibility index (Phi) is 2.37. The molecule has 0 unspecified atom stereocenters. The minimum absolute atomic E-state index is 0.0705. The summed E-state index contributed by atoms with van der Waals surface area (Å²) in [6.07, 6.45) is 8.01. The third kappa shape index (κ3) is 2.13. The third-order valence-electron chi connectivity index (χ3n) is 1.80. The van der Waals surface area contributed by atoms with E-state index in [0.29, 0.717) is 0 Å². The minimum Gasteiger partial charge on any atom is -0.482 e. The predicted molar refractivity (Wildman–Crippen MR) is 54.1 cm³/mol. The third-order valence-corrected chi connectivity index (χ3v) is 2.05. The highest BCUT2D eigenvalue weighted by molar-refractivity contribution is 6.30. The van der Waals surface area contributed by atoms with E-state index in [1.54, 1.807) is 0 Å². The van der Waals surface area contributed by atoms with Gasteiger partial charge in [0.2, 0.25) is 0 Å². The number of allylic oxidation sites excluding steroid dienone is 2. The van der Waals surface area contributed by atoms with Crippen molar-refractivity contribution < 1.29 is 4.74 Å². The predicted octanol–water partition coefficient (Wildman–Crippen LogP) is 3.21. The molecule has 66 valence electrons. The molecular weight excluding hydrogens is 184 g/mol. The summed E-state index contributed by atoms with van der Waals surface area (Å²) >= 11 is 5.74. The van der Waals surface area contributed by atoms with Crippen LogP contribution in [0.15, 0.2) is 48.6 Å². The normalized spacial score (nSPS) is 15.2. The van der Waals surface area contributed by atoms with Gasteiger partial charge in [-0.2, -0.15) is 0 Å². The van der Waals surface area contributed by atoms with E-state index in [9.17, 15) is 0 Å². The van der Waals surface area contributed by atoms with E-state index in [-0.39, 0.29) is 6.10 Å². The van der Waals surface area contributed by atoms with E-state index in [2.05, 4.69) is 0 Å². The average Bonchev–Trinajstić information content (AvgIpc) is 2.62. The fraction of sp³-hybridized carbons (Fsp3) is 0.0909. The molecule has 0 aromatic heterocycles. The highest BCUT2D eigenvalue weighted by Gasteiger charge is 2.04. The van der Waals surface area contributed by atoms with Crippen LogP contribution in [-0.2, 0) is 0 Å². The van der Waals surface area contributed by atoms with Crippen LogP contribution < -0.4 is 4.74 Å². The molecule has 1 nitrogen and oxygen atoms in total. The molecule has 0 bridgehead atoms. The van der Waals surface area contributed by atoms with Crippen molar-refractivity contribution in [3.8, 4) is 5.75 Å². The van der Waals surface area contributed by atoms with Crippen LogP contribution in [-0.4, -0.2) is 6.10 Å². The molecule has 0 spiro atoms. The van der Waals surface area contributed by atoms with E-state index in [1.165, 1.54) is 0 Å². The maximum atomic E-state index is 5.74. The lowest BCUT2D eigenvalue weighted by atomic mass is 10.3. The van der Waals surface area contributed by atoms with Gasteiger partial charge in [0.1, 0.15) is 11.9 Å². The zero-order chi connectivity index (χ0) is 9.10. The molecule has 0 aliphatic heterocycles. The van der Waals surface area contributed by atoms with E-state index < -0.39 is 0 Å². The van der Waals surface area contributed by atoms with Gasteiger partial charge in [0.05, 0.1) is 0 Å². The molecule has 1 aromatic rings. The Hall–Kier alpha value is -1.21. The van der Waals surface area contributed by atoms with Gasteiger partial charge in [0.15, 0.2) is 0 Å². The highest BCUT2D eigenvalue weighted by atomic mass is 35.5. The van der Waals surface area contributed by atoms with Crippen molar-refractivity contribution in [1.29, 1.82) is 0 Å². The summed E-state index contributed by atoms with van der Waals surface area (Å²) in [4.78, 5) is 0. The lowest BCUT2D eigenvalue weighted by Gasteiger charge is -2.09. The van der Waals surface area contributed by atoms with E-state index in [4.69, 9.17) is 16.3 Å². The van der Waals surface area contributed by atoms with Gasteiger partial charge < -0.3 is 4.74 Å². The van der Waals surface area contributed by atoms with Crippen LogP contribution in [0.1, 0.15) is 0 Å². The van der Waals surface area contributed by atoms with Crippen LogP contribution in [0, 0.1) is 0 Å². The minimum atomic E-state index is 0.0705. The zero-order valence-corrected chi connectivity index (χ0v) is 7.74. The molecule has 0 heterocycles. The summed E-state index contributed by atoms with van der Waals surface area (Å²) in [5.74, 6) is 0.839. The molecule has 0 saturated heterocycles. The summed E-state index contributed by atoms with van der Waals surface area (Å²) < 4.78 is 5.60. The van der Waals surface area contributed by atoms with Crippen molar-refractivity contribution in [3.63, 3.8) is 0 Å². The number of benzene rings is 1. The fourth-order valence-corrected chi connectivity index (χ4v) is 1.29. The number of halogens is 1. The largest absolute Gasteiger partial charge is 0.482 e. The molecule has 0 fully saturated rings.